The lowest BCUT2D eigenvalue weighted by molar-refractivity contribution is -0.173. The van der Waals surface area contributed by atoms with Gasteiger partial charge in [0, 0.05) is 11.1 Å². The van der Waals surface area contributed by atoms with Crippen LogP contribution in [0, 0.1) is 0 Å². The fourth-order valence-corrected chi connectivity index (χ4v) is 4.84. The Labute approximate surface area is 236 Å². The van der Waals surface area contributed by atoms with Crippen LogP contribution in [0.15, 0.2) is 81.6 Å². The normalized spacial score (nSPS) is 12.2. The van der Waals surface area contributed by atoms with E-state index in [1.54, 1.807) is 12.1 Å². The summed E-state index contributed by atoms with van der Waals surface area (Å²) in [6.45, 7) is 1.10. The van der Waals surface area contributed by atoms with Gasteiger partial charge in [0.2, 0.25) is 11.8 Å². The van der Waals surface area contributed by atoms with Gasteiger partial charge in [-0.3, -0.25) is 0 Å². The summed E-state index contributed by atoms with van der Waals surface area (Å²) in [7, 11) is 2.80. The Bertz CT molecular complexity index is 1830. The van der Waals surface area contributed by atoms with Gasteiger partial charge in [0.25, 0.3) is 0 Å². The topological polar surface area (TPSA) is 111 Å². The molecule has 0 saturated carbocycles. The SMILES string of the molecule is COc1cc(-c2nc3cc(C(C)(c4ccc5oc(-c6ccc(O)c(OC)c6)nc5c4)C(F)(F)F)ccc3o2)ccc1O. The number of halogens is 3. The van der Waals surface area contributed by atoms with Gasteiger partial charge < -0.3 is 28.5 Å². The van der Waals surface area contributed by atoms with Crippen molar-refractivity contribution in [3.8, 4) is 45.9 Å². The van der Waals surface area contributed by atoms with Gasteiger partial charge in [-0.05, 0) is 78.7 Å². The number of benzene rings is 4. The first-order chi connectivity index (χ1) is 20.0. The minimum absolute atomic E-state index is 0.0445. The first-order valence-corrected chi connectivity index (χ1v) is 12.7. The van der Waals surface area contributed by atoms with E-state index >= 15 is 0 Å². The van der Waals surface area contributed by atoms with Crippen LogP contribution in [-0.2, 0) is 5.41 Å². The summed E-state index contributed by atoms with van der Waals surface area (Å²) in [5.41, 5.74) is -0.491. The van der Waals surface area contributed by atoms with Crippen LogP contribution < -0.4 is 9.47 Å². The number of hydrogen-bond acceptors (Lipinski definition) is 8. The highest BCUT2D eigenvalue weighted by atomic mass is 19.4. The molecule has 0 spiro atoms. The summed E-state index contributed by atoms with van der Waals surface area (Å²) < 4.78 is 66.6. The molecule has 214 valence electrons. The second-order valence-electron chi connectivity index (χ2n) is 9.80. The van der Waals surface area contributed by atoms with Gasteiger partial charge in [-0.25, -0.2) is 9.97 Å². The van der Waals surface area contributed by atoms with Crippen molar-refractivity contribution in [3.63, 3.8) is 0 Å². The van der Waals surface area contributed by atoms with E-state index in [2.05, 4.69) is 9.97 Å². The molecule has 11 heteroatoms. The lowest BCUT2D eigenvalue weighted by Gasteiger charge is -2.33. The standard InChI is InChI=1S/C31H23F3N2O6/c1-30(31(32,33)34,18-6-10-24-20(14-18)35-28(41-24)16-4-8-22(37)26(12-16)39-2)19-7-11-25-21(15-19)36-29(42-25)17-5-9-23(38)27(13-17)40-3/h4-15,37-38H,1-3H3. The number of methoxy groups -OCH3 is 2. The van der Waals surface area contributed by atoms with Crippen molar-refractivity contribution >= 4 is 22.2 Å². The molecule has 4 aromatic carbocycles. The predicted molar refractivity (Wildman–Crippen MR) is 148 cm³/mol. The highest BCUT2D eigenvalue weighted by Crippen LogP contribution is 2.47. The van der Waals surface area contributed by atoms with Crippen molar-refractivity contribution in [2.45, 2.75) is 18.5 Å². The molecule has 0 fully saturated rings. The summed E-state index contributed by atoms with van der Waals surface area (Å²) in [6, 6.07) is 17.4. The molecule has 0 aliphatic rings. The van der Waals surface area contributed by atoms with E-state index in [0.29, 0.717) is 22.3 Å². The molecular weight excluding hydrogens is 553 g/mol. The average molecular weight is 577 g/mol. The Hall–Kier alpha value is -5.19. The fraction of sp³-hybridized carbons (Fsp3) is 0.161. The zero-order valence-electron chi connectivity index (χ0n) is 22.5. The largest absolute Gasteiger partial charge is 0.504 e. The molecule has 0 bridgehead atoms. The van der Waals surface area contributed by atoms with E-state index in [1.807, 2.05) is 0 Å². The summed E-state index contributed by atoms with van der Waals surface area (Å²) >= 11 is 0. The molecule has 2 heterocycles. The zero-order valence-corrected chi connectivity index (χ0v) is 22.5. The number of phenols is 2. The number of fused-ring (bicyclic) bond motifs is 2. The lowest BCUT2D eigenvalue weighted by atomic mass is 9.75. The van der Waals surface area contributed by atoms with Crippen LogP contribution in [0.25, 0.3) is 45.1 Å². The van der Waals surface area contributed by atoms with Gasteiger partial charge in [-0.2, -0.15) is 13.2 Å². The molecule has 2 aromatic heterocycles. The van der Waals surface area contributed by atoms with Crippen molar-refractivity contribution in [2.24, 2.45) is 0 Å². The van der Waals surface area contributed by atoms with Crippen molar-refractivity contribution in [2.75, 3.05) is 14.2 Å². The Morgan fingerprint density at radius 3 is 1.45 bits per heavy atom. The molecule has 0 atom stereocenters. The average Bonchev–Trinajstić information content (AvgIpc) is 3.60. The molecule has 0 aliphatic heterocycles. The number of nitrogens with zero attached hydrogens (tertiary/aromatic N) is 2. The predicted octanol–water partition coefficient (Wildman–Crippen LogP) is 7.60. The third-order valence-corrected chi connectivity index (χ3v) is 7.35. The van der Waals surface area contributed by atoms with E-state index in [-0.39, 0.29) is 56.9 Å². The maximum atomic E-state index is 14.9. The number of aromatic nitrogens is 2. The van der Waals surface area contributed by atoms with Gasteiger partial charge in [-0.1, -0.05) is 12.1 Å². The fourth-order valence-electron chi connectivity index (χ4n) is 4.84. The second-order valence-corrected chi connectivity index (χ2v) is 9.80. The first-order valence-electron chi connectivity index (χ1n) is 12.7. The van der Waals surface area contributed by atoms with Crippen molar-refractivity contribution in [3.05, 3.63) is 83.9 Å². The molecule has 2 N–H and O–H groups in total. The maximum absolute atomic E-state index is 14.9. The third kappa shape index (κ3) is 4.33. The highest BCUT2D eigenvalue weighted by molar-refractivity contribution is 5.80. The van der Waals surface area contributed by atoms with Crippen molar-refractivity contribution < 1.29 is 41.7 Å². The second kappa shape index (κ2) is 9.72. The van der Waals surface area contributed by atoms with Gasteiger partial charge >= 0.3 is 6.18 Å². The highest BCUT2D eigenvalue weighted by Gasteiger charge is 2.53. The Morgan fingerprint density at radius 2 is 1.07 bits per heavy atom. The van der Waals surface area contributed by atoms with Gasteiger partial charge in [-0.15, -0.1) is 0 Å². The summed E-state index contributed by atoms with van der Waals surface area (Å²) in [4.78, 5) is 8.84. The van der Waals surface area contributed by atoms with E-state index in [1.165, 1.54) is 74.9 Å². The number of oxazole rings is 2. The van der Waals surface area contributed by atoms with Crippen LogP contribution in [0.3, 0.4) is 0 Å². The van der Waals surface area contributed by atoms with Crippen LogP contribution in [0.2, 0.25) is 0 Å². The number of aromatic hydroxyl groups is 2. The zero-order chi connectivity index (χ0) is 29.8. The summed E-state index contributed by atoms with van der Waals surface area (Å²) in [5.74, 6) is 0.597. The van der Waals surface area contributed by atoms with Crippen LogP contribution in [0.1, 0.15) is 18.1 Å². The smallest absolute Gasteiger partial charge is 0.402 e. The molecule has 6 aromatic rings. The van der Waals surface area contributed by atoms with Gasteiger partial charge in [0.05, 0.1) is 14.2 Å². The molecule has 0 unspecified atom stereocenters. The number of phenolic OH excluding ortho intramolecular Hbond substituents is 2. The molecule has 6 rings (SSSR count). The quantitative estimate of drug-likeness (QED) is 0.209. The minimum Gasteiger partial charge on any atom is -0.504 e. The minimum atomic E-state index is -4.69. The number of rotatable bonds is 6. The van der Waals surface area contributed by atoms with Crippen LogP contribution >= 0.6 is 0 Å². The van der Waals surface area contributed by atoms with E-state index in [9.17, 15) is 23.4 Å². The molecule has 8 nitrogen and oxygen atoms in total. The Balaban J connectivity index is 1.43. The monoisotopic (exact) mass is 576 g/mol. The van der Waals surface area contributed by atoms with Crippen molar-refractivity contribution in [1.82, 2.24) is 9.97 Å². The number of alkyl halides is 3. The van der Waals surface area contributed by atoms with Crippen LogP contribution in [0.4, 0.5) is 13.2 Å². The summed E-state index contributed by atoms with van der Waals surface area (Å²) in [6.07, 6.45) is -4.69. The number of hydrogen-bond donors (Lipinski definition) is 2. The first kappa shape index (κ1) is 27.0. The molecule has 0 aliphatic carbocycles. The summed E-state index contributed by atoms with van der Waals surface area (Å²) in [5, 5.41) is 19.8. The van der Waals surface area contributed by atoms with Gasteiger partial charge in [0.1, 0.15) is 16.4 Å². The molecule has 42 heavy (non-hydrogen) atoms. The van der Waals surface area contributed by atoms with E-state index in [4.69, 9.17) is 18.3 Å². The Morgan fingerprint density at radius 1 is 0.643 bits per heavy atom. The van der Waals surface area contributed by atoms with E-state index < -0.39 is 11.6 Å². The third-order valence-electron chi connectivity index (χ3n) is 7.35. The van der Waals surface area contributed by atoms with E-state index in [0.717, 1.165) is 6.92 Å². The number of ether oxygens (including phenoxy) is 2. The molecule has 0 saturated heterocycles. The maximum Gasteiger partial charge on any atom is 0.402 e. The lowest BCUT2D eigenvalue weighted by Crippen LogP contribution is -2.40. The molecular formula is C31H23F3N2O6. The van der Waals surface area contributed by atoms with Crippen LogP contribution in [-0.4, -0.2) is 40.6 Å². The Kier molecular flexibility index (Phi) is 6.25. The van der Waals surface area contributed by atoms with Gasteiger partial charge in [0.15, 0.2) is 34.2 Å². The van der Waals surface area contributed by atoms with Crippen molar-refractivity contribution in [1.29, 1.82) is 0 Å². The molecule has 0 radical (unpaired) electrons. The van der Waals surface area contributed by atoms with Crippen LogP contribution in [0.5, 0.6) is 23.0 Å². The molecule has 0 amide bonds.